The van der Waals surface area contributed by atoms with Crippen LogP contribution in [0.15, 0.2) is 59.8 Å². The van der Waals surface area contributed by atoms with Crippen LogP contribution in [0.2, 0.25) is 0 Å². The summed E-state index contributed by atoms with van der Waals surface area (Å²) < 4.78 is 1.87. The van der Waals surface area contributed by atoms with Crippen molar-refractivity contribution in [2.75, 3.05) is 0 Å². The van der Waals surface area contributed by atoms with Crippen LogP contribution in [0, 0.1) is 10.1 Å². The van der Waals surface area contributed by atoms with E-state index in [0.717, 1.165) is 16.5 Å². The van der Waals surface area contributed by atoms with Crippen LogP contribution in [0.1, 0.15) is 11.3 Å². The molecule has 0 bridgehead atoms. The molecular formula is C17H15N5O2S. The molecule has 1 aromatic heterocycles. The Kier molecular flexibility index (Phi) is 4.71. The fraction of sp³-hybridized carbons (Fsp3) is 0.0588. The number of hydrazone groups is 1. The second-order valence-electron chi connectivity index (χ2n) is 5.34. The third-order valence-electron chi connectivity index (χ3n) is 3.78. The highest BCUT2D eigenvalue weighted by molar-refractivity contribution is 7.80. The van der Waals surface area contributed by atoms with Crippen LogP contribution in [0.5, 0.6) is 0 Å². The molecule has 0 spiro atoms. The van der Waals surface area contributed by atoms with Gasteiger partial charge in [-0.3, -0.25) is 15.5 Å². The van der Waals surface area contributed by atoms with Crippen LogP contribution >= 0.6 is 12.2 Å². The zero-order valence-electron chi connectivity index (χ0n) is 13.1. The summed E-state index contributed by atoms with van der Waals surface area (Å²) in [5.74, 6) is 0. The fourth-order valence-electron chi connectivity index (χ4n) is 2.68. The first-order chi connectivity index (χ1) is 12.1. The molecule has 0 amide bonds. The van der Waals surface area contributed by atoms with Gasteiger partial charge in [-0.05, 0) is 41.2 Å². The van der Waals surface area contributed by atoms with E-state index < -0.39 is 0 Å². The predicted molar refractivity (Wildman–Crippen MR) is 102 cm³/mol. The van der Waals surface area contributed by atoms with E-state index in [0.29, 0.717) is 12.1 Å². The molecule has 0 saturated carbocycles. The summed E-state index contributed by atoms with van der Waals surface area (Å²) in [6.45, 7) is 0.346. The molecule has 3 N–H and O–H groups in total. The van der Waals surface area contributed by atoms with E-state index in [1.165, 1.54) is 0 Å². The number of nitrogens with one attached hydrogen (secondary N) is 1. The van der Waals surface area contributed by atoms with Gasteiger partial charge >= 0.3 is 0 Å². The smallest absolute Gasteiger partial charge is 0.275 e. The first-order valence-electron chi connectivity index (χ1n) is 7.45. The van der Waals surface area contributed by atoms with Gasteiger partial charge < -0.3 is 10.3 Å². The number of hydrogen-bond donors (Lipinski definition) is 2. The molecule has 8 heteroatoms. The minimum atomic E-state index is -0.354. The standard InChI is InChI=1S/C17H15N5O2S/c18-17(25)20-19-10-13-5-3-9-21(13)11-15-14-6-2-1-4-12(14)7-8-16(15)22(23)24/h1-10H,11H2,(H3,18,20,25). The third kappa shape index (κ3) is 3.64. The molecule has 0 saturated heterocycles. The molecule has 25 heavy (non-hydrogen) atoms. The number of hydrogen-bond acceptors (Lipinski definition) is 4. The maximum Gasteiger partial charge on any atom is 0.275 e. The Balaban J connectivity index is 2.02. The maximum absolute atomic E-state index is 11.5. The van der Waals surface area contributed by atoms with Gasteiger partial charge in [0.15, 0.2) is 5.11 Å². The van der Waals surface area contributed by atoms with Gasteiger partial charge in [-0.25, -0.2) is 0 Å². The lowest BCUT2D eigenvalue weighted by Crippen LogP contribution is -2.24. The van der Waals surface area contributed by atoms with Crippen molar-refractivity contribution >= 4 is 40.0 Å². The largest absolute Gasteiger partial charge is 0.375 e. The molecule has 0 aliphatic carbocycles. The van der Waals surface area contributed by atoms with Crippen molar-refractivity contribution in [1.82, 2.24) is 9.99 Å². The molecule has 126 valence electrons. The van der Waals surface area contributed by atoms with Gasteiger partial charge in [-0.2, -0.15) is 5.10 Å². The Morgan fingerprint density at radius 3 is 2.84 bits per heavy atom. The quantitative estimate of drug-likeness (QED) is 0.318. The van der Waals surface area contributed by atoms with Crippen LogP contribution in [-0.2, 0) is 6.54 Å². The molecule has 0 fully saturated rings. The van der Waals surface area contributed by atoms with Crippen molar-refractivity contribution < 1.29 is 4.92 Å². The SMILES string of the molecule is NC(=S)NN=Cc1cccn1Cc1c([N+](=O)[O-])ccc2ccccc12. The maximum atomic E-state index is 11.5. The van der Waals surface area contributed by atoms with E-state index in [-0.39, 0.29) is 15.7 Å². The second kappa shape index (κ2) is 7.10. The van der Waals surface area contributed by atoms with Crippen molar-refractivity contribution in [3.05, 3.63) is 76.1 Å². The van der Waals surface area contributed by atoms with Gasteiger partial charge in [0.2, 0.25) is 0 Å². The van der Waals surface area contributed by atoms with Crippen molar-refractivity contribution in [1.29, 1.82) is 0 Å². The van der Waals surface area contributed by atoms with E-state index in [1.54, 1.807) is 18.3 Å². The summed E-state index contributed by atoms with van der Waals surface area (Å²) in [4.78, 5) is 11.1. The molecule has 0 unspecified atom stereocenters. The highest BCUT2D eigenvalue weighted by atomic mass is 32.1. The number of aromatic nitrogens is 1. The van der Waals surface area contributed by atoms with Crippen molar-refractivity contribution in [3.8, 4) is 0 Å². The Morgan fingerprint density at radius 2 is 2.08 bits per heavy atom. The molecule has 2 aromatic carbocycles. The molecular weight excluding hydrogens is 338 g/mol. The highest BCUT2D eigenvalue weighted by Crippen LogP contribution is 2.29. The zero-order valence-corrected chi connectivity index (χ0v) is 13.9. The predicted octanol–water partition coefficient (Wildman–Crippen LogP) is 2.76. The molecule has 7 nitrogen and oxygen atoms in total. The van der Waals surface area contributed by atoms with Gasteiger partial charge in [0.25, 0.3) is 5.69 Å². The van der Waals surface area contributed by atoms with Gasteiger partial charge in [0, 0.05) is 12.3 Å². The number of thiocarbonyl (C=S) groups is 1. The fourth-order valence-corrected chi connectivity index (χ4v) is 2.74. The summed E-state index contributed by atoms with van der Waals surface area (Å²) in [6.07, 6.45) is 3.41. The third-order valence-corrected chi connectivity index (χ3v) is 3.87. The number of nitro benzene ring substituents is 1. The number of nitrogens with two attached hydrogens (primary N) is 1. The van der Waals surface area contributed by atoms with Gasteiger partial charge in [0.05, 0.1) is 28.9 Å². The average molecular weight is 353 g/mol. The lowest BCUT2D eigenvalue weighted by atomic mass is 10.0. The Hall–Kier alpha value is -3.26. The topological polar surface area (TPSA) is 98.5 Å². The monoisotopic (exact) mass is 353 g/mol. The molecule has 3 aromatic rings. The number of benzene rings is 2. The number of nitro groups is 1. The molecule has 1 heterocycles. The summed E-state index contributed by atoms with van der Waals surface area (Å²) in [6, 6.07) is 14.6. The summed E-state index contributed by atoms with van der Waals surface area (Å²) in [5, 5.41) is 17.3. The van der Waals surface area contributed by atoms with E-state index in [9.17, 15) is 10.1 Å². The second-order valence-corrected chi connectivity index (χ2v) is 5.78. The number of rotatable bonds is 5. The van der Waals surface area contributed by atoms with E-state index in [2.05, 4.69) is 10.5 Å². The molecule has 0 aliphatic heterocycles. The zero-order chi connectivity index (χ0) is 17.8. The molecule has 3 rings (SSSR count). The van der Waals surface area contributed by atoms with Gasteiger partial charge in [0.1, 0.15) is 0 Å². The van der Waals surface area contributed by atoms with Gasteiger partial charge in [-0.15, -0.1) is 0 Å². The van der Waals surface area contributed by atoms with Crippen LogP contribution in [0.3, 0.4) is 0 Å². The Morgan fingerprint density at radius 1 is 1.28 bits per heavy atom. The molecule has 0 radical (unpaired) electrons. The minimum absolute atomic E-state index is 0.0686. The average Bonchev–Trinajstić information content (AvgIpc) is 3.02. The lowest BCUT2D eigenvalue weighted by molar-refractivity contribution is -0.385. The van der Waals surface area contributed by atoms with Gasteiger partial charge in [-0.1, -0.05) is 24.3 Å². The molecule has 0 atom stereocenters. The number of fused-ring (bicyclic) bond motifs is 1. The summed E-state index contributed by atoms with van der Waals surface area (Å²) in [7, 11) is 0. The van der Waals surface area contributed by atoms with Crippen LogP contribution < -0.4 is 11.2 Å². The summed E-state index contributed by atoms with van der Waals surface area (Å²) >= 11 is 4.70. The Bertz CT molecular complexity index is 980. The van der Waals surface area contributed by atoms with Crippen LogP contribution in [-0.4, -0.2) is 20.8 Å². The highest BCUT2D eigenvalue weighted by Gasteiger charge is 2.17. The van der Waals surface area contributed by atoms with E-state index in [4.69, 9.17) is 18.0 Å². The first-order valence-corrected chi connectivity index (χ1v) is 7.86. The van der Waals surface area contributed by atoms with E-state index >= 15 is 0 Å². The van der Waals surface area contributed by atoms with Crippen LogP contribution in [0.4, 0.5) is 5.69 Å². The van der Waals surface area contributed by atoms with Crippen molar-refractivity contribution in [2.24, 2.45) is 10.8 Å². The first kappa shape index (κ1) is 16.6. The van der Waals surface area contributed by atoms with Crippen LogP contribution in [0.25, 0.3) is 10.8 Å². The van der Waals surface area contributed by atoms with Crippen molar-refractivity contribution in [3.63, 3.8) is 0 Å². The lowest BCUT2D eigenvalue weighted by Gasteiger charge is -2.10. The summed E-state index contributed by atoms with van der Waals surface area (Å²) in [5.41, 5.74) is 9.34. The minimum Gasteiger partial charge on any atom is -0.375 e. The molecule has 0 aliphatic rings. The number of nitrogens with zero attached hydrogens (tertiary/aromatic N) is 3. The van der Waals surface area contributed by atoms with Crippen molar-refractivity contribution in [2.45, 2.75) is 6.54 Å². The Labute approximate surface area is 148 Å². The normalized spacial score (nSPS) is 11.0. The van der Waals surface area contributed by atoms with E-state index in [1.807, 2.05) is 47.2 Å².